The van der Waals surface area contributed by atoms with Crippen LogP contribution < -0.4 is 9.47 Å². The summed E-state index contributed by atoms with van der Waals surface area (Å²) >= 11 is 4.76. The average molecular weight is 491 g/mol. The molecule has 30 heavy (non-hydrogen) atoms. The highest BCUT2D eigenvalue weighted by Gasteiger charge is 2.37. The number of fused-ring (bicyclic) bond motifs is 1. The van der Waals surface area contributed by atoms with Gasteiger partial charge in [-0.2, -0.15) is 15.1 Å². The molecule has 1 fully saturated rings. The highest BCUT2D eigenvalue weighted by molar-refractivity contribution is 9.09. The number of nitrogens with one attached hydrogen (secondary N) is 1. The molecule has 0 aromatic heterocycles. The monoisotopic (exact) mass is 490 g/mol. The van der Waals surface area contributed by atoms with E-state index in [1.54, 1.807) is 25.3 Å². The molecular formula is C21H23BrN4O3S. The van der Waals surface area contributed by atoms with E-state index in [2.05, 4.69) is 26.0 Å². The predicted octanol–water partition coefficient (Wildman–Crippen LogP) is 4.67. The first-order chi connectivity index (χ1) is 14.6. The highest BCUT2D eigenvalue weighted by atomic mass is 79.9. The van der Waals surface area contributed by atoms with E-state index in [0.29, 0.717) is 34.5 Å². The van der Waals surface area contributed by atoms with Gasteiger partial charge in [0.1, 0.15) is 5.04 Å². The van der Waals surface area contributed by atoms with Crippen molar-refractivity contribution in [3.8, 4) is 11.5 Å². The Bertz CT molecular complexity index is 954. The Hall–Kier alpha value is -2.13. The van der Waals surface area contributed by atoms with Crippen molar-refractivity contribution in [1.29, 1.82) is 5.41 Å². The minimum absolute atomic E-state index is 0.0573. The lowest BCUT2D eigenvalue weighted by Crippen LogP contribution is -2.35. The quantitative estimate of drug-likeness (QED) is 0.462. The predicted molar refractivity (Wildman–Crippen MR) is 124 cm³/mol. The second-order valence-corrected chi connectivity index (χ2v) is 9.02. The third-order valence-electron chi connectivity index (χ3n) is 5.26. The number of amides is 1. The summed E-state index contributed by atoms with van der Waals surface area (Å²) in [4.78, 5) is 16.8. The average Bonchev–Trinajstić information content (AvgIpc) is 3.20. The number of rotatable bonds is 6. The summed E-state index contributed by atoms with van der Waals surface area (Å²) < 4.78 is 11.0. The largest absolute Gasteiger partial charge is 0.493 e. The van der Waals surface area contributed by atoms with Crippen molar-refractivity contribution in [3.05, 3.63) is 29.3 Å². The number of benzene rings is 1. The van der Waals surface area contributed by atoms with Crippen LogP contribution in [0.4, 0.5) is 0 Å². The minimum atomic E-state index is -0.419. The number of methoxy groups -OCH3 is 1. The molecule has 4 rings (SSSR count). The first-order valence-corrected chi connectivity index (χ1v) is 11.9. The van der Waals surface area contributed by atoms with Gasteiger partial charge in [-0.3, -0.25) is 10.2 Å². The number of hydrogen-bond donors (Lipinski definition) is 1. The summed E-state index contributed by atoms with van der Waals surface area (Å²) in [6.07, 6.45) is 7.55. The summed E-state index contributed by atoms with van der Waals surface area (Å²) in [7, 11) is 1.57. The van der Waals surface area contributed by atoms with Crippen LogP contribution in [0.2, 0.25) is 0 Å². The van der Waals surface area contributed by atoms with Gasteiger partial charge in [0.25, 0.3) is 5.91 Å². The Morgan fingerprint density at radius 1 is 1.30 bits per heavy atom. The van der Waals surface area contributed by atoms with Crippen LogP contribution in [0.5, 0.6) is 11.5 Å². The molecule has 0 atom stereocenters. The molecule has 2 heterocycles. The van der Waals surface area contributed by atoms with Gasteiger partial charge in [-0.1, -0.05) is 41.3 Å². The van der Waals surface area contributed by atoms with Gasteiger partial charge in [-0.25, -0.2) is 0 Å². The van der Waals surface area contributed by atoms with Gasteiger partial charge in [-0.15, -0.1) is 0 Å². The number of hydrogen-bond acceptors (Lipinski definition) is 6. The van der Waals surface area contributed by atoms with Crippen molar-refractivity contribution in [1.82, 2.24) is 5.01 Å². The Labute approximate surface area is 188 Å². The van der Waals surface area contributed by atoms with Gasteiger partial charge in [0.2, 0.25) is 5.17 Å². The van der Waals surface area contributed by atoms with E-state index in [1.807, 2.05) is 6.07 Å². The fourth-order valence-electron chi connectivity index (χ4n) is 3.73. The standard InChI is InChI=1S/C21H23BrN4O3S/c1-28-17-12-13(7-8-16(17)29-10-9-22)11-15-18(23)26-21(24-19(15)27)30-20(25-26)14-5-3-2-4-6-14/h7-8,11-12,14,23H,2-6,9-10H2,1H3/b15-11-,23-18?. The third kappa shape index (κ3) is 4.32. The molecule has 1 saturated carbocycles. The molecule has 1 amide bonds. The number of amidine groups is 2. The molecule has 1 aromatic carbocycles. The molecule has 1 aromatic rings. The third-order valence-corrected chi connectivity index (χ3v) is 6.65. The summed E-state index contributed by atoms with van der Waals surface area (Å²) in [6, 6.07) is 5.41. The molecule has 0 radical (unpaired) electrons. The molecule has 1 N–H and O–H groups in total. The zero-order chi connectivity index (χ0) is 21.1. The number of halogens is 1. The van der Waals surface area contributed by atoms with Gasteiger partial charge in [-0.05, 0) is 48.4 Å². The number of hydrazone groups is 1. The summed E-state index contributed by atoms with van der Waals surface area (Å²) in [5.41, 5.74) is 0.942. The van der Waals surface area contributed by atoms with Crippen molar-refractivity contribution >= 4 is 55.7 Å². The van der Waals surface area contributed by atoms with Crippen LogP contribution in [0.3, 0.4) is 0 Å². The van der Waals surface area contributed by atoms with E-state index >= 15 is 0 Å². The first-order valence-electron chi connectivity index (χ1n) is 9.97. The van der Waals surface area contributed by atoms with Gasteiger partial charge in [0.15, 0.2) is 17.3 Å². The minimum Gasteiger partial charge on any atom is -0.493 e. The van der Waals surface area contributed by atoms with Crippen molar-refractivity contribution in [2.24, 2.45) is 16.0 Å². The van der Waals surface area contributed by atoms with Crippen LogP contribution in [0.15, 0.2) is 33.9 Å². The van der Waals surface area contributed by atoms with Crippen LogP contribution in [0, 0.1) is 11.3 Å². The van der Waals surface area contributed by atoms with Gasteiger partial charge in [0.05, 0.1) is 19.3 Å². The molecule has 0 saturated heterocycles. The zero-order valence-electron chi connectivity index (χ0n) is 16.7. The molecular weight excluding hydrogens is 468 g/mol. The number of alkyl halides is 1. The molecule has 2 aliphatic heterocycles. The summed E-state index contributed by atoms with van der Waals surface area (Å²) in [5.74, 6) is 1.24. The smallest absolute Gasteiger partial charge is 0.283 e. The van der Waals surface area contributed by atoms with Gasteiger partial charge >= 0.3 is 0 Å². The fourth-order valence-corrected chi connectivity index (χ4v) is 4.95. The maximum atomic E-state index is 12.6. The number of carbonyl (C=O) groups excluding carboxylic acids is 1. The Morgan fingerprint density at radius 2 is 2.10 bits per heavy atom. The van der Waals surface area contributed by atoms with Gasteiger partial charge in [0, 0.05) is 11.2 Å². The lowest BCUT2D eigenvalue weighted by molar-refractivity contribution is -0.114. The number of ether oxygens (including phenoxy) is 2. The number of nitrogens with zero attached hydrogens (tertiary/aromatic N) is 3. The summed E-state index contributed by atoms with van der Waals surface area (Å²) in [5, 5.41) is 16.9. The van der Waals surface area contributed by atoms with Crippen LogP contribution in [0.1, 0.15) is 37.7 Å². The van der Waals surface area contributed by atoms with Crippen LogP contribution >= 0.6 is 27.7 Å². The molecule has 9 heteroatoms. The lowest BCUT2D eigenvalue weighted by atomic mass is 9.90. The van der Waals surface area contributed by atoms with Crippen molar-refractivity contribution in [2.45, 2.75) is 32.1 Å². The SMILES string of the molecule is COc1cc(/C=C2/C(=N)N3N=C(C4CCCCC4)SC3=NC2=O)ccc1OCCBr. The fraction of sp³-hybridized carbons (Fsp3) is 0.429. The second kappa shape index (κ2) is 9.34. The molecule has 0 unspecified atom stereocenters. The van der Waals surface area contributed by atoms with Crippen molar-refractivity contribution < 1.29 is 14.3 Å². The van der Waals surface area contributed by atoms with Crippen LogP contribution in [-0.2, 0) is 4.79 Å². The first kappa shape index (κ1) is 21.1. The van der Waals surface area contributed by atoms with E-state index in [4.69, 9.17) is 14.9 Å². The van der Waals surface area contributed by atoms with E-state index in [1.165, 1.54) is 36.0 Å². The van der Waals surface area contributed by atoms with Crippen molar-refractivity contribution in [2.75, 3.05) is 19.0 Å². The maximum absolute atomic E-state index is 12.6. The Balaban J connectivity index is 1.58. The van der Waals surface area contributed by atoms with Gasteiger partial charge < -0.3 is 9.47 Å². The summed E-state index contributed by atoms with van der Waals surface area (Å²) in [6.45, 7) is 0.519. The number of thioether (sulfide) groups is 1. The highest BCUT2D eigenvalue weighted by Crippen LogP contribution is 2.36. The van der Waals surface area contributed by atoms with Crippen LogP contribution in [0.25, 0.3) is 6.08 Å². The lowest BCUT2D eigenvalue weighted by Gasteiger charge is -2.20. The molecule has 7 nitrogen and oxygen atoms in total. The van der Waals surface area contributed by atoms with Crippen LogP contribution in [-0.4, -0.2) is 46.0 Å². The molecule has 158 valence electrons. The normalized spacial score (nSPS) is 20.9. The molecule has 0 spiro atoms. The van der Waals surface area contributed by atoms with Crippen molar-refractivity contribution in [3.63, 3.8) is 0 Å². The van der Waals surface area contributed by atoms with E-state index < -0.39 is 5.91 Å². The molecule has 3 aliphatic rings. The molecule has 1 aliphatic carbocycles. The van der Waals surface area contributed by atoms with E-state index in [-0.39, 0.29) is 11.4 Å². The maximum Gasteiger partial charge on any atom is 0.283 e. The Morgan fingerprint density at radius 3 is 2.83 bits per heavy atom. The van der Waals surface area contributed by atoms with E-state index in [0.717, 1.165) is 23.4 Å². The molecule has 0 bridgehead atoms. The second-order valence-electron chi connectivity index (χ2n) is 7.24. The van der Waals surface area contributed by atoms with E-state index in [9.17, 15) is 4.79 Å². The zero-order valence-corrected chi connectivity index (χ0v) is 19.1. The topological polar surface area (TPSA) is 87.3 Å². The number of aliphatic imine (C=N–C) groups is 1. The Kier molecular flexibility index (Phi) is 6.58. The number of carbonyl (C=O) groups is 1.